The van der Waals surface area contributed by atoms with Crippen LogP contribution in [0.2, 0.25) is 0 Å². The molecule has 3 aromatic carbocycles. The van der Waals surface area contributed by atoms with Gasteiger partial charge in [0, 0.05) is 41.4 Å². The lowest BCUT2D eigenvalue weighted by molar-refractivity contribution is -0.123. The summed E-state index contributed by atoms with van der Waals surface area (Å²) in [7, 11) is -0.829. The second-order valence-electron chi connectivity index (χ2n) is 10.2. The Morgan fingerprint density at radius 2 is 1.70 bits per heavy atom. The summed E-state index contributed by atoms with van der Waals surface area (Å²) in [6.07, 6.45) is 6.57. The molecule has 4 nitrogen and oxygen atoms in total. The fourth-order valence-corrected chi connectivity index (χ4v) is 5.70. The first-order valence-electron chi connectivity index (χ1n) is 12.5. The molecule has 2 N–H and O–H groups in total. The average molecular weight is 517 g/mol. The SMILES string of the molecule is CC1(N)Cc2cc(C3=CC=C(F)C4CC34)ccc2N(Cc2ccccc2)C1=O.CS(=O)c1ccccc1.[HH]. The Balaban J connectivity index is 0.000000288. The smallest absolute Gasteiger partial charge is 0.247 e. The van der Waals surface area contributed by atoms with Crippen LogP contribution >= 0.6 is 0 Å². The summed E-state index contributed by atoms with van der Waals surface area (Å²) in [6.45, 7) is 2.30. The van der Waals surface area contributed by atoms with Crippen LogP contribution in [-0.2, 0) is 28.6 Å². The Kier molecular flexibility index (Phi) is 6.97. The van der Waals surface area contributed by atoms with Gasteiger partial charge in [-0.3, -0.25) is 9.00 Å². The summed E-state index contributed by atoms with van der Waals surface area (Å²) in [5, 5.41) is 0. The fourth-order valence-electron chi connectivity index (χ4n) is 5.16. The minimum atomic E-state index is -0.935. The number of carbonyl (C=O) groups is 1. The molecule has 0 spiro atoms. The first-order valence-corrected chi connectivity index (χ1v) is 14.0. The van der Waals surface area contributed by atoms with Crippen molar-refractivity contribution < 1.29 is 14.8 Å². The second kappa shape index (κ2) is 10.2. The molecule has 0 radical (unpaired) electrons. The van der Waals surface area contributed by atoms with Gasteiger partial charge in [-0.2, -0.15) is 0 Å². The maximum absolute atomic E-state index is 13.7. The molecular formula is C31H33FN2O2S. The van der Waals surface area contributed by atoms with E-state index in [1.807, 2.05) is 72.8 Å². The van der Waals surface area contributed by atoms with Gasteiger partial charge in [0.1, 0.15) is 5.83 Å². The summed E-state index contributed by atoms with van der Waals surface area (Å²) in [4.78, 5) is 15.7. The number of allylic oxidation sites excluding steroid dienone is 4. The molecule has 0 saturated heterocycles. The Bertz CT molecular complexity index is 1410. The average Bonchev–Trinajstić information content (AvgIpc) is 3.70. The van der Waals surface area contributed by atoms with Crippen LogP contribution in [0.4, 0.5) is 10.1 Å². The van der Waals surface area contributed by atoms with Crippen LogP contribution < -0.4 is 10.6 Å². The van der Waals surface area contributed by atoms with Crippen LogP contribution in [0.25, 0.3) is 5.57 Å². The summed E-state index contributed by atoms with van der Waals surface area (Å²) in [6, 6.07) is 25.6. The Labute approximate surface area is 221 Å². The standard InChI is InChI=1S/C24H23FN2O.C7H8OS.H2/c1-24(26)13-17-11-16(18-8-9-21(25)20-12-19(18)20)7-10-22(17)27(23(24)28)14-15-5-3-2-4-6-15;1-9(8)7-5-3-2-4-6-7;/h2-11,19-20H,12-14,26H2,1H3;2-6H,1H3;1H. The molecule has 1 aliphatic heterocycles. The minimum absolute atomic E-state index is 0. The zero-order valence-corrected chi connectivity index (χ0v) is 21.9. The van der Waals surface area contributed by atoms with Gasteiger partial charge in [0.25, 0.3) is 0 Å². The van der Waals surface area contributed by atoms with Crippen molar-refractivity contribution in [2.45, 2.75) is 36.7 Å². The molecule has 4 unspecified atom stereocenters. The molecule has 6 rings (SSSR count). The molecule has 0 bridgehead atoms. The largest absolute Gasteiger partial charge is 0.317 e. The van der Waals surface area contributed by atoms with E-state index in [1.165, 1.54) is 5.57 Å². The molecule has 6 heteroatoms. The van der Waals surface area contributed by atoms with E-state index < -0.39 is 16.3 Å². The van der Waals surface area contributed by atoms with Crippen LogP contribution in [0.5, 0.6) is 0 Å². The molecular weight excluding hydrogens is 483 g/mol. The lowest BCUT2D eigenvalue weighted by atomic mass is 9.84. The number of nitrogens with zero attached hydrogens (tertiary/aromatic N) is 1. The quantitative estimate of drug-likeness (QED) is 0.459. The van der Waals surface area contributed by atoms with Gasteiger partial charge in [-0.25, -0.2) is 4.39 Å². The third-order valence-corrected chi connectivity index (χ3v) is 8.16. The van der Waals surface area contributed by atoms with E-state index in [9.17, 15) is 13.4 Å². The van der Waals surface area contributed by atoms with Crippen LogP contribution in [0.15, 0.2) is 102 Å². The van der Waals surface area contributed by atoms with Crippen molar-refractivity contribution in [3.63, 3.8) is 0 Å². The number of anilines is 1. The van der Waals surface area contributed by atoms with E-state index in [0.29, 0.717) is 13.0 Å². The Hall–Kier alpha value is -3.35. The second-order valence-corrected chi connectivity index (χ2v) is 11.6. The first-order chi connectivity index (χ1) is 17.7. The molecule has 37 heavy (non-hydrogen) atoms. The number of carbonyl (C=O) groups excluding carboxylic acids is 1. The van der Waals surface area contributed by atoms with Crippen molar-refractivity contribution in [1.82, 2.24) is 0 Å². The Morgan fingerprint density at radius 3 is 2.35 bits per heavy atom. The van der Waals surface area contributed by atoms with Gasteiger partial charge in [-0.15, -0.1) is 0 Å². The summed E-state index contributed by atoms with van der Waals surface area (Å²) >= 11 is 0. The maximum atomic E-state index is 13.7. The van der Waals surface area contributed by atoms with Crippen molar-refractivity contribution in [2.75, 3.05) is 11.2 Å². The predicted octanol–water partition coefficient (Wildman–Crippen LogP) is 6.05. The number of benzene rings is 3. The molecule has 1 heterocycles. The van der Waals surface area contributed by atoms with Gasteiger partial charge in [0.15, 0.2) is 0 Å². The number of nitrogens with two attached hydrogens (primary N) is 1. The monoisotopic (exact) mass is 516 g/mol. The van der Waals surface area contributed by atoms with Crippen molar-refractivity contribution in [3.8, 4) is 0 Å². The molecule has 0 aromatic heterocycles. The Morgan fingerprint density at radius 1 is 1.03 bits per heavy atom. The molecule has 2 aliphatic carbocycles. The summed E-state index contributed by atoms with van der Waals surface area (Å²) < 4.78 is 24.5. The van der Waals surface area contributed by atoms with E-state index in [-0.39, 0.29) is 25.0 Å². The number of amides is 1. The van der Waals surface area contributed by atoms with Crippen molar-refractivity contribution in [2.24, 2.45) is 17.6 Å². The highest BCUT2D eigenvalue weighted by Crippen LogP contribution is 2.55. The van der Waals surface area contributed by atoms with Gasteiger partial charge in [-0.1, -0.05) is 60.7 Å². The normalized spacial score (nSPS) is 24.5. The first kappa shape index (κ1) is 25.3. The molecule has 192 valence electrons. The van der Waals surface area contributed by atoms with E-state index in [1.54, 1.807) is 24.2 Å². The molecule has 3 aliphatic rings. The zero-order valence-electron chi connectivity index (χ0n) is 21.1. The number of hydrogen-bond acceptors (Lipinski definition) is 3. The van der Waals surface area contributed by atoms with Crippen LogP contribution in [0.3, 0.4) is 0 Å². The maximum Gasteiger partial charge on any atom is 0.247 e. The summed E-state index contributed by atoms with van der Waals surface area (Å²) in [5.74, 6) is 0.298. The topological polar surface area (TPSA) is 63.4 Å². The number of hydrogen-bond donors (Lipinski definition) is 1. The highest BCUT2D eigenvalue weighted by molar-refractivity contribution is 7.84. The van der Waals surface area contributed by atoms with Gasteiger partial charge < -0.3 is 10.6 Å². The summed E-state index contributed by atoms with van der Waals surface area (Å²) in [5.41, 5.74) is 10.8. The fraction of sp³-hybridized carbons (Fsp3) is 0.258. The molecule has 1 amide bonds. The highest BCUT2D eigenvalue weighted by Gasteiger charge is 2.45. The minimum Gasteiger partial charge on any atom is -0.317 e. The predicted molar refractivity (Wildman–Crippen MR) is 150 cm³/mol. The number of rotatable bonds is 4. The van der Waals surface area contributed by atoms with Crippen molar-refractivity contribution in [3.05, 3.63) is 114 Å². The van der Waals surface area contributed by atoms with E-state index in [2.05, 4.69) is 12.1 Å². The van der Waals surface area contributed by atoms with Crippen molar-refractivity contribution in [1.29, 1.82) is 0 Å². The van der Waals surface area contributed by atoms with Gasteiger partial charge in [-0.05, 0) is 71.9 Å². The van der Waals surface area contributed by atoms with E-state index in [4.69, 9.17) is 5.73 Å². The number of halogens is 1. The molecule has 1 fully saturated rings. The van der Waals surface area contributed by atoms with Crippen LogP contribution in [0.1, 0.15) is 31.5 Å². The third-order valence-electron chi connectivity index (χ3n) is 7.22. The zero-order chi connectivity index (χ0) is 26.2. The van der Waals surface area contributed by atoms with E-state index >= 15 is 0 Å². The van der Waals surface area contributed by atoms with Gasteiger partial charge in [0.05, 0.1) is 12.1 Å². The van der Waals surface area contributed by atoms with Crippen LogP contribution in [0, 0.1) is 11.8 Å². The van der Waals surface area contributed by atoms with Gasteiger partial charge >= 0.3 is 0 Å². The van der Waals surface area contributed by atoms with Crippen LogP contribution in [-0.4, -0.2) is 21.9 Å². The van der Waals surface area contributed by atoms with Gasteiger partial charge in [0.2, 0.25) is 5.91 Å². The van der Waals surface area contributed by atoms with Crippen molar-refractivity contribution >= 4 is 28.0 Å². The molecule has 1 saturated carbocycles. The van der Waals surface area contributed by atoms with E-state index in [0.717, 1.165) is 33.7 Å². The lowest BCUT2D eigenvalue weighted by Crippen LogP contribution is -2.57. The highest BCUT2D eigenvalue weighted by atomic mass is 32.2. The lowest BCUT2D eigenvalue weighted by Gasteiger charge is -2.38. The third kappa shape index (κ3) is 5.36. The molecule has 3 aromatic rings. The number of fused-ring (bicyclic) bond motifs is 2. The molecule has 4 atom stereocenters.